The van der Waals surface area contributed by atoms with Crippen LogP contribution in [0.1, 0.15) is 12.8 Å². The van der Waals surface area contributed by atoms with Crippen LogP contribution in [0.3, 0.4) is 0 Å². The zero-order chi connectivity index (χ0) is 15.3. The largest absolute Gasteiger partial charge is 0.312 e. The maximum atomic E-state index is 11.4. The predicted molar refractivity (Wildman–Crippen MR) is 77.5 cm³/mol. The summed E-state index contributed by atoms with van der Waals surface area (Å²) in [5.41, 5.74) is 6.09. The minimum atomic E-state index is -4.16. The van der Waals surface area contributed by atoms with Gasteiger partial charge in [-0.3, -0.25) is 14.3 Å². The first kappa shape index (κ1) is 15.4. The van der Waals surface area contributed by atoms with Crippen LogP contribution in [-0.2, 0) is 14.9 Å². The maximum absolute atomic E-state index is 11.4. The Bertz CT molecular complexity index is 621. The van der Waals surface area contributed by atoms with Crippen LogP contribution in [0.25, 0.3) is 0 Å². The van der Waals surface area contributed by atoms with Gasteiger partial charge in [0.15, 0.2) is 0 Å². The van der Waals surface area contributed by atoms with Crippen molar-refractivity contribution >= 4 is 28.1 Å². The molecule has 0 spiro atoms. The molecule has 0 atom stereocenters. The Morgan fingerprint density at radius 1 is 1.24 bits per heavy atom. The maximum Gasteiger partial charge on any atom is 0.294 e. The molecule has 2 aliphatic rings. The zero-order valence-electron chi connectivity index (χ0n) is 11.2. The smallest absolute Gasteiger partial charge is 0.294 e. The molecule has 0 radical (unpaired) electrons. The SMILES string of the molecule is C1=NCNN1.O=C1CCCN1c1ccc(S(=O)(=O)O)cc1. The summed E-state index contributed by atoms with van der Waals surface area (Å²) in [5, 5.41) is 0. The highest BCUT2D eigenvalue weighted by Crippen LogP contribution is 2.22. The zero-order valence-corrected chi connectivity index (χ0v) is 12.0. The molecule has 21 heavy (non-hydrogen) atoms. The first-order chi connectivity index (χ1) is 9.98. The third-order valence-corrected chi connectivity index (χ3v) is 3.82. The van der Waals surface area contributed by atoms with E-state index in [1.807, 2.05) is 0 Å². The summed E-state index contributed by atoms with van der Waals surface area (Å²) in [5.74, 6) is 0.0413. The molecule has 1 aromatic carbocycles. The summed E-state index contributed by atoms with van der Waals surface area (Å²) in [6.07, 6.45) is 2.97. The third-order valence-electron chi connectivity index (χ3n) is 2.95. The van der Waals surface area contributed by atoms with E-state index < -0.39 is 10.1 Å². The number of rotatable bonds is 2. The Hall–Kier alpha value is -1.97. The van der Waals surface area contributed by atoms with Gasteiger partial charge in [0.05, 0.1) is 11.2 Å². The van der Waals surface area contributed by atoms with E-state index in [0.29, 0.717) is 25.3 Å². The molecule has 0 unspecified atom stereocenters. The van der Waals surface area contributed by atoms with Gasteiger partial charge in [-0.15, -0.1) is 0 Å². The molecular formula is C12H16N4O4S. The first-order valence-corrected chi connectivity index (χ1v) is 7.77. The average Bonchev–Trinajstić information content (AvgIpc) is 3.12. The summed E-state index contributed by atoms with van der Waals surface area (Å²) < 4.78 is 30.4. The fraction of sp³-hybridized carbons (Fsp3) is 0.333. The summed E-state index contributed by atoms with van der Waals surface area (Å²) in [7, 11) is -4.16. The Balaban J connectivity index is 0.000000272. The van der Waals surface area contributed by atoms with Crippen molar-refractivity contribution in [2.24, 2.45) is 4.99 Å². The van der Waals surface area contributed by atoms with Gasteiger partial charge in [0.1, 0.15) is 6.67 Å². The molecule has 1 aromatic rings. The molecule has 1 amide bonds. The molecule has 0 bridgehead atoms. The van der Waals surface area contributed by atoms with Gasteiger partial charge >= 0.3 is 0 Å². The highest BCUT2D eigenvalue weighted by molar-refractivity contribution is 7.85. The second-order valence-electron chi connectivity index (χ2n) is 4.41. The average molecular weight is 312 g/mol. The minimum Gasteiger partial charge on any atom is -0.312 e. The second kappa shape index (κ2) is 6.66. The van der Waals surface area contributed by atoms with E-state index in [1.54, 1.807) is 11.2 Å². The first-order valence-electron chi connectivity index (χ1n) is 6.33. The lowest BCUT2D eigenvalue weighted by atomic mass is 10.3. The fourth-order valence-electron chi connectivity index (χ4n) is 1.95. The monoisotopic (exact) mass is 312 g/mol. The van der Waals surface area contributed by atoms with E-state index in [9.17, 15) is 13.2 Å². The fourth-order valence-corrected chi connectivity index (χ4v) is 2.43. The Morgan fingerprint density at radius 2 is 1.95 bits per heavy atom. The van der Waals surface area contributed by atoms with Gasteiger partial charge in [-0.05, 0) is 30.7 Å². The van der Waals surface area contributed by atoms with Crippen LogP contribution >= 0.6 is 0 Å². The standard InChI is InChI=1S/C10H11NO4S.C2H5N3/c12-10-2-1-7-11(10)8-3-5-9(6-4-8)16(13,14)15;1-3-2-5-4-1/h3-6H,1-2,7H2,(H,13,14,15);1,5H,2H2,(H,3,4). The second-order valence-corrected chi connectivity index (χ2v) is 5.83. The molecule has 8 nitrogen and oxygen atoms in total. The number of carbonyl (C=O) groups excluding carboxylic acids is 1. The molecule has 1 saturated heterocycles. The van der Waals surface area contributed by atoms with Gasteiger partial charge in [0.2, 0.25) is 5.91 Å². The van der Waals surface area contributed by atoms with E-state index in [2.05, 4.69) is 15.8 Å². The number of nitrogens with zero attached hydrogens (tertiary/aromatic N) is 2. The highest BCUT2D eigenvalue weighted by Gasteiger charge is 2.21. The quantitative estimate of drug-likeness (QED) is 0.670. The number of benzene rings is 1. The van der Waals surface area contributed by atoms with Crippen LogP contribution in [0.4, 0.5) is 5.69 Å². The molecule has 0 saturated carbocycles. The van der Waals surface area contributed by atoms with Crippen LogP contribution in [0.15, 0.2) is 34.2 Å². The molecule has 2 heterocycles. The predicted octanol–water partition coefficient (Wildman–Crippen LogP) is 0.140. The molecule has 3 rings (SSSR count). The van der Waals surface area contributed by atoms with Crippen molar-refractivity contribution in [3.8, 4) is 0 Å². The van der Waals surface area contributed by atoms with Gasteiger partial charge in [-0.1, -0.05) is 0 Å². The molecule has 3 N–H and O–H groups in total. The van der Waals surface area contributed by atoms with Crippen molar-refractivity contribution in [2.45, 2.75) is 17.7 Å². The van der Waals surface area contributed by atoms with Crippen LogP contribution in [0, 0.1) is 0 Å². The molecule has 1 fully saturated rings. The summed E-state index contributed by atoms with van der Waals surface area (Å²) in [4.78, 5) is 16.6. The van der Waals surface area contributed by atoms with Crippen LogP contribution in [0.5, 0.6) is 0 Å². The van der Waals surface area contributed by atoms with Gasteiger partial charge in [0, 0.05) is 18.7 Å². The van der Waals surface area contributed by atoms with Crippen LogP contribution < -0.4 is 15.8 Å². The lowest BCUT2D eigenvalue weighted by Crippen LogP contribution is -2.23. The van der Waals surface area contributed by atoms with Crippen molar-refractivity contribution in [3.63, 3.8) is 0 Å². The van der Waals surface area contributed by atoms with Crippen LogP contribution in [-0.4, -0.2) is 38.4 Å². The molecule has 9 heteroatoms. The van der Waals surface area contributed by atoms with Crippen molar-refractivity contribution in [1.82, 2.24) is 10.9 Å². The molecule has 0 aromatic heterocycles. The summed E-state index contributed by atoms with van der Waals surface area (Å²) in [6.45, 7) is 1.37. The highest BCUT2D eigenvalue weighted by atomic mass is 32.2. The van der Waals surface area contributed by atoms with Gasteiger partial charge < -0.3 is 10.3 Å². The molecular weight excluding hydrogens is 296 g/mol. The number of hydrazine groups is 1. The van der Waals surface area contributed by atoms with E-state index >= 15 is 0 Å². The Kier molecular flexibility index (Phi) is 4.89. The number of hydrogen-bond acceptors (Lipinski definition) is 6. The topological polar surface area (TPSA) is 111 Å². The number of aliphatic imine (C=N–C) groups is 1. The number of amides is 1. The van der Waals surface area contributed by atoms with Crippen molar-refractivity contribution < 1.29 is 17.8 Å². The number of hydrogen-bond donors (Lipinski definition) is 3. The van der Waals surface area contributed by atoms with Gasteiger partial charge in [-0.25, -0.2) is 5.43 Å². The van der Waals surface area contributed by atoms with E-state index in [1.165, 1.54) is 24.3 Å². The van der Waals surface area contributed by atoms with Crippen molar-refractivity contribution in [1.29, 1.82) is 0 Å². The van der Waals surface area contributed by atoms with Crippen molar-refractivity contribution in [3.05, 3.63) is 24.3 Å². The van der Waals surface area contributed by atoms with E-state index in [0.717, 1.165) is 6.42 Å². The number of nitrogens with one attached hydrogen (secondary N) is 2. The lowest BCUT2D eigenvalue weighted by Gasteiger charge is -2.15. The normalized spacial score (nSPS) is 17.4. The van der Waals surface area contributed by atoms with E-state index in [4.69, 9.17) is 4.55 Å². The molecule has 2 aliphatic heterocycles. The Labute approximate surface area is 122 Å². The van der Waals surface area contributed by atoms with Crippen LogP contribution in [0.2, 0.25) is 0 Å². The number of carbonyl (C=O) groups is 1. The molecule has 0 aliphatic carbocycles. The summed E-state index contributed by atoms with van der Waals surface area (Å²) >= 11 is 0. The minimum absolute atomic E-state index is 0.0413. The Morgan fingerprint density at radius 3 is 2.33 bits per heavy atom. The number of anilines is 1. The summed E-state index contributed by atoms with van der Waals surface area (Å²) in [6, 6.07) is 5.62. The van der Waals surface area contributed by atoms with Gasteiger partial charge in [-0.2, -0.15) is 8.42 Å². The van der Waals surface area contributed by atoms with Gasteiger partial charge in [0.25, 0.3) is 10.1 Å². The van der Waals surface area contributed by atoms with E-state index in [-0.39, 0.29) is 10.8 Å². The lowest BCUT2D eigenvalue weighted by molar-refractivity contribution is -0.117. The third kappa shape index (κ3) is 4.25. The van der Waals surface area contributed by atoms with Crippen molar-refractivity contribution in [2.75, 3.05) is 18.1 Å². The molecule has 114 valence electrons.